The molecule has 0 aliphatic carbocycles. The molecule has 2 aromatic heterocycles. The number of hydrogen-bond acceptors (Lipinski definition) is 4. The van der Waals surface area contributed by atoms with Gasteiger partial charge >= 0.3 is 0 Å². The van der Waals surface area contributed by atoms with Crippen LogP contribution in [-0.2, 0) is 0 Å². The molecule has 0 N–H and O–H groups in total. The molecule has 0 saturated heterocycles. The van der Waals surface area contributed by atoms with Crippen LogP contribution in [0.4, 0.5) is 0 Å². The fourth-order valence-corrected chi connectivity index (χ4v) is 1.80. The smallest absolute Gasteiger partial charge is 0.265 e. The van der Waals surface area contributed by atoms with E-state index in [9.17, 15) is 9.59 Å². The van der Waals surface area contributed by atoms with Gasteiger partial charge in [0.15, 0.2) is 18.3 Å². The highest BCUT2D eigenvalue weighted by molar-refractivity contribution is 5.76. The van der Waals surface area contributed by atoms with Gasteiger partial charge in [-0.1, -0.05) is 0 Å². The van der Waals surface area contributed by atoms with Crippen LogP contribution in [0.25, 0.3) is 16.8 Å². The van der Waals surface area contributed by atoms with Gasteiger partial charge in [-0.25, -0.2) is 4.98 Å². The molecule has 3 rings (SSSR count). The molecule has 88 valence electrons. The molecule has 1 aromatic carbocycles. The number of rotatable bonds is 2. The van der Waals surface area contributed by atoms with Crippen molar-refractivity contribution in [3.8, 4) is 5.69 Å². The molecule has 5 nitrogen and oxygen atoms in total. The lowest BCUT2D eigenvalue weighted by molar-refractivity contribution is 0.112. The van der Waals surface area contributed by atoms with Gasteiger partial charge in [0.1, 0.15) is 5.52 Å². The SMILES string of the molecule is O=Cc1cccn(-c2ccc3ocnc3c2)c1=O. The molecule has 0 saturated carbocycles. The molecule has 0 bridgehead atoms. The van der Waals surface area contributed by atoms with Crippen molar-refractivity contribution in [2.45, 2.75) is 0 Å². The van der Waals surface area contributed by atoms with Crippen LogP contribution < -0.4 is 5.56 Å². The van der Waals surface area contributed by atoms with Crippen molar-refractivity contribution < 1.29 is 9.21 Å². The number of pyridine rings is 1. The molecular weight excluding hydrogens is 232 g/mol. The Kier molecular flexibility index (Phi) is 2.30. The molecule has 3 aromatic rings. The van der Waals surface area contributed by atoms with E-state index in [0.717, 1.165) is 0 Å². The number of nitrogens with zero attached hydrogens (tertiary/aromatic N) is 2. The van der Waals surface area contributed by atoms with Gasteiger partial charge in [0, 0.05) is 6.20 Å². The van der Waals surface area contributed by atoms with Crippen molar-refractivity contribution in [1.29, 1.82) is 0 Å². The molecule has 0 amide bonds. The third-order valence-electron chi connectivity index (χ3n) is 2.70. The third kappa shape index (κ3) is 1.53. The summed E-state index contributed by atoms with van der Waals surface area (Å²) in [4.78, 5) is 26.7. The third-order valence-corrected chi connectivity index (χ3v) is 2.70. The second-order valence-corrected chi connectivity index (χ2v) is 3.76. The molecule has 5 heteroatoms. The molecule has 2 heterocycles. The molecule has 0 radical (unpaired) electrons. The van der Waals surface area contributed by atoms with Crippen LogP contribution >= 0.6 is 0 Å². The predicted molar refractivity (Wildman–Crippen MR) is 65.0 cm³/mol. The fourth-order valence-electron chi connectivity index (χ4n) is 1.80. The number of carbonyl (C=O) groups excluding carboxylic acids is 1. The van der Waals surface area contributed by atoms with Crippen molar-refractivity contribution >= 4 is 17.4 Å². The maximum absolute atomic E-state index is 12.0. The van der Waals surface area contributed by atoms with Crippen LogP contribution in [0.15, 0.2) is 52.1 Å². The first-order chi connectivity index (χ1) is 8.79. The Bertz CT molecular complexity index is 786. The number of fused-ring (bicyclic) bond motifs is 1. The molecule has 0 unspecified atom stereocenters. The van der Waals surface area contributed by atoms with Crippen molar-refractivity contribution in [1.82, 2.24) is 9.55 Å². The van der Waals surface area contributed by atoms with Crippen molar-refractivity contribution in [3.63, 3.8) is 0 Å². The van der Waals surface area contributed by atoms with Gasteiger partial charge in [-0.05, 0) is 30.3 Å². The van der Waals surface area contributed by atoms with Gasteiger partial charge in [-0.2, -0.15) is 0 Å². The molecule has 18 heavy (non-hydrogen) atoms. The number of hydrogen-bond donors (Lipinski definition) is 0. The number of oxazole rings is 1. The second-order valence-electron chi connectivity index (χ2n) is 3.76. The van der Waals surface area contributed by atoms with E-state index < -0.39 is 0 Å². The Hall–Kier alpha value is -2.69. The van der Waals surface area contributed by atoms with Crippen LogP contribution in [0.5, 0.6) is 0 Å². The van der Waals surface area contributed by atoms with Gasteiger partial charge < -0.3 is 4.42 Å². The topological polar surface area (TPSA) is 65.1 Å². The van der Waals surface area contributed by atoms with E-state index in [-0.39, 0.29) is 11.1 Å². The first-order valence-electron chi connectivity index (χ1n) is 5.30. The Balaban J connectivity index is 2.25. The molecule has 0 aliphatic rings. The van der Waals surface area contributed by atoms with Crippen molar-refractivity contribution in [2.24, 2.45) is 0 Å². The Morgan fingerprint density at radius 2 is 2.17 bits per heavy atom. The monoisotopic (exact) mass is 240 g/mol. The minimum atomic E-state index is -0.352. The quantitative estimate of drug-likeness (QED) is 0.640. The maximum atomic E-state index is 12.0. The molecule has 0 aliphatic heterocycles. The van der Waals surface area contributed by atoms with E-state index >= 15 is 0 Å². The Morgan fingerprint density at radius 1 is 1.28 bits per heavy atom. The minimum Gasteiger partial charge on any atom is -0.443 e. The van der Waals surface area contributed by atoms with Gasteiger partial charge in [0.2, 0.25) is 0 Å². The van der Waals surface area contributed by atoms with Crippen LogP contribution in [0, 0.1) is 0 Å². The standard InChI is InChI=1S/C13H8N2O3/c16-7-9-2-1-5-15(13(9)17)10-3-4-12-11(6-10)14-8-18-12/h1-8H. The van der Waals surface area contributed by atoms with Crippen LogP contribution in [0.3, 0.4) is 0 Å². The summed E-state index contributed by atoms with van der Waals surface area (Å²) in [6, 6.07) is 8.34. The lowest BCUT2D eigenvalue weighted by Gasteiger charge is -2.05. The average Bonchev–Trinajstić information content (AvgIpc) is 2.86. The van der Waals surface area contributed by atoms with Crippen LogP contribution in [-0.4, -0.2) is 15.8 Å². The lowest BCUT2D eigenvalue weighted by Crippen LogP contribution is -2.20. The number of aldehydes is 1. The maximum Gasteiger partial charge on any atom is 0.265 e. The first kappa shape index (κ1) is 10.5. The number of benzene rings is 1. The zero-order valence-electron chi connectivity index (χ0n) is 9.24. The van der Waals surface area contributed by atoms with Gasteiger partial charge in [0.25, 0.3) is 5.56 Å². The van der Waals surface area contributed by atoms with E-state index in [2.05, 4.69) is 4.98 Å². The molecule has 0 spiro atoms. The predicted octanol–water partition coefficient (Wildman–Crippen LogP) is 1.79. The van der Waals surface area contributed by atoms with E-state index in [1.54, 1.807) is 30.5 Å². The summed E-state index contributed by atoms with van der Waals surface area (Å²) < 4.78 is 6.53. The summed E-state index contributed by atoms with van der Waals surface area (Å²) in [6.07, 6.45) is 3.50. The van der Waals surface area contributed by atoms with Gasteiger partial charge in [0.05, 0.1) is 11.3 Å². The summed E-state index contributed by atoms with van der Waals surface area (Å²) in [5.74, 6) is 0. The number of aromatic nitrogens is 2. The largest absolute Gasteiger partial charge is 0.443 e. The average molecular weight is 240 g/mol. The molecule has 0 atom stereocenters. The van der Waals surface area contributed by atoms with Gasteiger partial charge in [-0.3, -0.25) is 14.2 Å². The minimum absolute atomic E-state index is 0.123. The highest BCUT2D eigenvalue weighted by Crippen LogP contribution is 2.16. The molecular formula is C13H8N2O3. The Labute approximate surface area is 101 Å². The highest BCUT2D eigenvalue weighted by atomic mass is 16.3. The second kappa shape index (κ2) is 3.96. The lowest BCUT2D eigenvalue weighted by atomic mass is 10.2. The van der Waals surface area contributed by atoms with E-state index in [0.29, 0.717) is 23.1 Å². The Morgan fingerprint density at radius 3 is 3.00 bits per heavy atom. The van der Waals surface area contributed by atoms with Crippen LogP contribution in [0.1, 0.15) is 10.4 Å². The van der Waals surface area contributed by atoms with Crippen molar-refractivity contribution in [3.05, 3.63) is 58.8 Å². The molecule has 0 fully saturated rings. The van der Waals surface area contributed by atoms with E-state index in [4.69, 9.17) is 4.42 Å². The summed E-state index contributed by atoms with van der Waals surface area (Å²) in [5, 5.41) is 0. The van der Waals surface area contributed by atoms with Crippen LogP contribution in [0.2, 0.25) is 0 Å². The summed E-state index contributed by atoms with van der Waals surface area (Å²) in [5.41, 5.74) is 1.73. The summed E-state index contributed by atoms with van der Waals surface area (Å²) >= 11 is 0. The van der Waals surface area contributed by atoms with Gasteiger partial charge in [-0.15, -0.1) is 0 Å². The van der Waals surface area contributed by atoms with E-state index in [1.807, 2.05) is 0 Å². The number of carbonyl (C=O) groups is 1. The van der Waals surface area contributed by atoms with Crippen molar-refractivity contribution in [2.75, 3.05) is 0 Å². The summed E-state index contributed by atoms with van der Waals surface area (Å²) in [6.45, 7) is 0. The summed E-state index contributed by atoms with van der Waals surface area (Å²) in [7, 11) is 0. The zero-order chi connectivity index (χ0) is 12.5. The van der Waals surface area contributed by atoms with E-state index in [1.165, 1.54) is 17.0 Å². The zero-order valence-corrected chi connectivity index (χ0v) is 9.24. The highest BCUT2D eigenvalue weighted by Gasteiger charge is 2.06. The fraction of sp³-hybridized carbons (Fsp3) is 0. The normalized spacial score (nSPS) is 10.7. The first-order valence-corrected chi connectivity index (χ1v) is 5.30.